The van der Waals surface area contributed by atoms with Gasteiger partial charge in [-0.1, -0.05) is 6.07 Å². The molecule has 0 saturated heterocycles. The summed E-state index contributed by atoms with van der Waals surface area (Å²) in [6.07, 6.45) is 6.59. The van der Waals surface area contributed by atoms with Crippen molar-refractivity contribution < 1.29 is 9.53 Å². The number of carbonyl (C=O) groups is 1. The van der Waals surface area contributed by atoms with Gasteiger partial charge in [0.1, 0.15) is 12.1 Å². The lowest BCUT2D eigenvalue weighted by atomic mass is 10.1. The zero-order valence-corrected chi connectivity index (χ0v) is 11.3. The van der Waals surface area contributed by atoms with E-state index in [1.807, 2.05) is 18.2 Å². The van der Waals surface area contributed by atoms with Crippen LogP contribution in [0.3, 0.4) is 0 Å². The van der Waals surface area contributed by atoms with Gasteiger partial charge in [-0.25, -0.2) is 4.79 Å². The molecule has 104 valence electrons. The van der Waals surface area contributed by atoms with E-state index in [0.717, 1.165) is 12.8 Å². The van der Waals surface area contributed by atoms with E-state index in [2.05, 4.69) is 10.2 Å². The van der Waals surface area contributed by atoms with Crippen molar-refractivity contribution in [3.8, 4) is 5.75 Å². The zero-order valence-electron chi connectivity index (χ0n) is 11.3. The first-order chi connectivity index (χ1) is 10.3. The van der Waals surface area contributed by atoms with E-state index >= 15 is 0 Å². The highest BCUT2D eigenvalue weighted by atomic mass is 16.5. The molecule has 0 aliphatic heterocycles. The van der Waals surface area contributed by atoms with Crippen LogP contribution in [0, 0.1) is 0 Å². The highest BCUT2D eigenvalue weighted by Crippen LogP contribution is 2.26. The van der Waals surface area contributed by atoms with E-state index in [4.69, 9.17) is 4.74 Å². The van der Waals surface area contributed by atoms with Crippen molar-refractivity contribution in [3.63, 3.8) is 0 Å². The Hall–Kier alpha value is -2.69. The van der Waals surface area contributed by atoms with E-state index < -0.39 is 0 Å². The van der Waals surface area contributed by atoms with Gasteiger partial charge in [-0.2, -0.15) is 0 Å². The molecule has 4 rings (SSSR count). The van der Waals surface area contributed by atoms with Crippen LogP contribution in [0.2, 0.25) is 0 Å². The van der Waals surface area contributed by atoms with Gasteiger partial charge in [0.05, 0.1) is 5.56 Å². The number of rotatable bonds is 2. The van der Waals surface area contributed by atoms with Gasteiger partial charge in [-0.15, -0.1) is 10.2 Å². The molecule has 0 fully saturated rings. The maximum absolute atomic E-state index is 12.2. The molecule has 0 unspecified atom stereocenters. The molecule has 0 radical (unpaired) electrons. The molecule has 2 heterocycles. The monoisotopic (exact) mass is 279 g/mol. The molecule has 2 aromatic heterocycles. The van der Waals surface area contributed by atoms with Crippen LogP contribution in [-0.2, 0) is 12.8 Å². The second-order valence-electron chi connectivity index (χ2n) is 5.19. The van der Waals surface area contributed by atoms with E-state index in [1.165, 1.54) is 17.5 Å². The molecule has 5 nitrogen and oxygen atoms in total. The summed E-state index contributed by atoms with van der Waals surface area (Å²) in [5, 5.41) is 7.69. The van der Waals surface area contributed by atoms with Gasteiger partial charge >= 0.3 is 5.97 Å². The first-order valence-corrected chi connectivity index (χ1v) is 6.93. The van der Waals surface area contributed by atoms with E-state index in [1.54, 1.807) is 29.1 Å². The number of pyridine rings is 1. The van der Waals surface area contributed by atoms with Crippen LogP contribution in [0.1, 0.15) is 27.9 Å². The first kappa shape index (κ1) is 12.1. The Morgan fingerprint density at radius 3 is 3.00 bits per heavy atom. The molecule has 0 bridgehead atoms. The maximum Gasteiger partial charge on any atom is 0.345 e. The molecule has 1 aliphatic rings. The fourth-order valence-corrected chi connectivity index (χ4v) is 2.73. The number of hydrogen-bond donors (Lipinski definition) is 0. The average molecular weight is 279 g/mol. The predicted octanol–water partition coefficient (Wildman–Crippen LogP) is 2.44. The van der Waals surface area contributed by atoms with Gasteiger partial charge < -0.3 is 4.74 Å². The summed E-state index contributed by atoms with van der Waals surface area (Å²) in [6.45, 7) is 0. The maximum atomic E-state index is 12.2. The van der Waals surface area contributed by atoms with Gasteiger partial charge in [0.2, 0.25) is 0 Å². The molecule has 1 aliphatic carbocycles. The molecule has 0 amide bonds. The van der Waals surface area contributed by atoms with Crippen LogP contribution in [-0.4, -0.2) is 20.6 Å². The predicted molar refractivity (Wildman–Crippen MR) is 76.4 cm³/mol. The lowest BCUT2D eigenvalue weighted by Gasteiger charge is -2.06. The van der Waals surface area contributed by atoms with E-state index in [9.17, 15) is 4.79 Å². The van der Waals surface area contributed by atoms with Crippen molar-refractivity contribution in [1.82, 2.24) is 14.6 Å². The SMILES string of the molecule is O=C(Oc1ccc2c(c1)CCC2)c1ccc2nncn2c1. The standard InChI is InChI=1S/C16H13N3O2/c20-16(13-5-7-15-18-17-10-19(15)9-13)21-14-6-4-11-2-1-3-12(11)8-14/h4-10H,1-3H2. The summed E-state index contributed by atoms with van der Waals surface area (Å²) in [7, 11) is 0. The third kappa shape index (κ3) is 2.16. The molecule has 3 aromatic rings. The highest BCUT2D eigenvalue weighted by Gasteiger charge is 2.14. The lowest BCUT2D eigenvalue weighted by molar-refractivity contribution is 0.0734. The smallest absolute Gasteiger partial charge is 0.345 e. The van der Waals surface area contributed by atoms with Crippen molar-refractivity contribution >= 4 is 11.6 Å². The summed E-state index contributed by atoms with van der Waals surface area (Å²) in [5.41, 5.74) is 3.82. The Labute approximate surface area is 121 Å². The van der Waals surface area contributed by atoms with Crippen LogP contribution in [0.5, 0.6) is 5.75 Å². The van der Waals surface area contributed by atoms with Gasteiger partial charge in [0, 0.05) is 6.20 Å². The number of nitrogens with zero attached hydrogens (tertiary/aromatic N) is 3. The summed E-state index contributed by atoms with van der Waals surface area (Å²) >= 11 is 0. The fourth-order valence-electron chi connectivity index (χ4n) is 2.73. The first-order valence-electron chi connectivity index (χ1n) is 6.93. The molecular weight excluding hydrogens is 266 g/mol. The Kier molecular flexibility index (Phi) is 2.70. The van der Waals surface area contributed by atoms with Gasteiger partial charge in [0.15, 0.2) is 5.65 Å². The highest BCUT2D eigenvalue weighted by molar-refractivity contribution is 5.91. The molecular formula is C16H13N3O2. The van der Waals surface area contributed by atoms with Crippen molar-refractivity contribution in [3.05, 3.63) is 59.5 Å². The molecule has 0 saturated carbocycles. The minimum absolute atomic E-state index is 0.372. The third-order valence-electron chi connectivity index (χ3n) is 3.81. The van der Waals surface area contributed by atoms with Gasteiger partial charge in [0.25, 0.3) is 0 Å². The summed E-state index contributed by atoms with van der Waals surface area (Å²) < 4.78 is 7.15. The molecule has 21 heavy (non-hydrogen) atoms. The second kappa shape index (κ2) is 4.70. The van der Waals surface area contributed by atoms with E-state index in [-0.39, 0.29) is 5.97 Å². The zero-order chi connectivity index (χ0) is 14.2. The van der Waals surface area contributed by atoms with Crippen molar-refractivity contribution in [1.29, 1.82) is 0 Å². The van der Waals surface area contributed by atoms with Crippen LogP contribution in [0.4, 0.5) is 0 Å². The van der Waals surface area contributed by atoms with Crippen LogP contribution in [0.15, 0.2) is 42.9 Å². The minimum Gasteiger partial charge on any atom is -0.423 e. The number of carbonyl (C=O) groups excluding carboxylic acids is 1. The second-order valence-corrected chi connectivity index (χ2v) is 5.19. The van der Waals surface area contributed by atoms with Crippen LogP contribution < -0.4 is 4.74 Å². The molecule has 0 atom stereocenters. The summed E-state index contributed by atoms with van der Waals surface area (Å²) in [6, 6.07) is 9.32. The quantitative estimate of drug-likeness (QED) is 0.534. The Balaban J connectivity index is 1.60. The van der Waals surface area contributed by atoms with Crippen LogP contribution in [0.25, 0.3) is 5.65 Å². The Morgan fingerprint density at radius 1 is 1.14 bits per heavy atom. The largest absolute Gasteiger partial charge is 0.423 e. The van der Waals surface area contributed by atoms with Crippen molar-refractivity contribution in [2.75, 3.05) is 0 Å². The number of ether oxygens (including phenoxy) is 1. The lowest BCUT2D eigenvalue weighted by Crippen LogP contribution is -2.09. The number of aromatic nitrogens is 3. The molecule has 1 aromatic carbocycles. The number of benzene rings is 1. The normalized spacial score (nSPS) is 13.3. The molecule has 5 heteroatoms. The Morgan fingerprint density at radius 2 is 2.05 bits per heavy atom. The van der Waals surface area contributed by atoms with E-state index in [0.29, 0.717) is 17.0 Å². The summed E-state index contributed by atoms with van der Waals surface area (Å²) in [4.78, 5) is 12.2. The number of aryl methyl sites for hydroxylation is 2. The third-order valence-corrected chi connectivity index (χ3v) is 3.81. The fraction of sp³-hybridized carbons (Fsp3) is 0.188. The number of fused-ring (bicyclic) bond motifs is 2. The number of esters is 1. The Bertz CT molecular complexity index is 838. The van der Waals surface area contributed by atoms with Crippen molar-refractivity contribution in [2.24, 2.45) is 0 Å². The van der Waals surface area contributed by atoms with Gasteiger partial charge in [-0.05, 0) is 54.7 Å². The molecule has 0 N–H and O–H groups in total. The number of hydrogen-bond acceptors (Lipinski definition) is 4. The van der Waals surface area contributed by atoms with Crippen molar-refractivity contribution in [2.45, 2.75) is 19.3 Å². The summed E-state index contributed by atoms with van der Waals surface area (Å²) in [5.74, 6) is 0.230. The molecule has 0 spiro atoms. The minimum atomic E-state index is -0.372. The van der Waals surface area contributed by atoms with Crippen LogP contribution >= 0.6 is 0 Å². The average Bonchev–Trinajstić information content (AvgIpc) is 3.14. The topological polar surface area (TPSA) is 56.5 Å². The van der Waals surface area contributed by atoms with Gasteiger partial charge in [-0.3, -0.25) is 4.40 Å².